The van der Waals surface area contributed by atoms with Crippen LogP contribution in [0.5, 0.6) is 0 Å². The molecule has 0 spiro atoms. The molecule has 1 unspecified atom stereocenters. The van der Waals surface area contributed by atoms with Crippen LogP contribution in [0.1, 0.15) is 25.3 Å². The zero-order valence-electron chi connectivity index (χ0n) is 12.8. The van der Waals surface area contributed by atoms with Crippen LogP contribution in [0.2, 0.25) is 5.02 Å². The third-order valence-corrected chi connectivity index (χ3v) is 4.42. The molecule has 0 bridgehead atoms. The standard InChI is InChI=1S/C17H21ClN4/c1-13-5-4-8-22(11-13)17-9-16(20-12-21-17)19-10-14-6-2-3-7-15(14)18/h2-3,6-7,9,12-13H,4-5,8,10-11H2,1H3,(H,19,20,21). The first kappa shape index (κ1) is 15.1. The highest BCUT2D eigenvalue weighted by atomic mass is 35.5. The molecular weight excluding hydrogens is 296 g/mol. The van der Waals surface area contributed by atoms with E-state index in [-0.39, 0.29) is 0 Å². The van der Waals surface area contributed by atoms with Crippen molar-refractivity contribution in [3.63, 3.8) is 0 Å². The summed E-state index contributed by atoms with van der Waals surface area (Å²) in [4.78, 5) is 11.1. The van der Waals surface area contributed by atoms with Crippen molar-refractivity contribution >= 4 is 23.2 Å². The summed E-state index contributed by atoms with van der Waals surface area (Å²) in [5.41, 5.74) is 1.07. The minimum absolute atomic E-state index is 0.659. The van der Waals surface area contributed by atoms with Gasteiger partial charge in [0.1, 0.15) is 18.0 Å². The Labute approximate surface area is 136 Å². The van der Waals surface area contributed by atoms with Gasteiger partial charge in [-0.25, -0.2) is 9.97 Å². The van der Waals surface area contributed by atoms with Crippen molar-refractivity contribution in [2.75, 3.05) is 23.3 Å². The maximum Gasteiger partial charge on any atom is 0.134 e. The van der Waals surface area contributed by atoms with Crippen LogP contribution < -0.4 is 10.2 Å². The normalized spacial score (nSPS) is 18.3. The number of benzene rings is 1. The molecule has 22 heavy (non-hydrogen) atoms. The molecule has 1 atom stereocenters. The third kappa shape index (κ3) is 3.69. The summed E-state index contributed by atoms with van der Waals surface area (Å²) in [5.74, 6) is 2.56. The van der Waals surface area contributed by atoms with E-state index in [1.165, 1.54) is 12.8 Å². The summed E-state index contributed by atoms with van der Waals surface area (Å²) < 4.78 is 0. The molecule has 1 fully saturated rings. The highest BCUT2D eigenvalue weighted by molar-refractivity contribution is 6.31. The predicted molar refractivity (Wildman–Crippen MR) is 91.4 cm³/mol. The first-order valence-corrected chi connectivity index (χ1v) is 8.14. The average molecular weight is 317 g/mol. The van der Waals surface area contributed by atoms with Crippen LogP contribution in [0, 0.1) is 5.92 Å². The Bertz CT molecular complexity index is 632. The Morgan fingerprint density at radius 2 is 2.18 bits per heavy atom. The van der Waals surface area contributed by atoms with Gasteiger partial charge in [0.15, 0.2) is 0 Å². The van der Waals surface area contributed by atoms with E-state index in [4.69, 9.17) is 11.6 Å². The summed E-state index contributed by atoms with van der Waals surface area (Å²) in [7, 11) is 0. The molecule has 2 heterocycles. The number of hydrogen-bond acceptors (Lipinski definition) is 4. The predicted octanol–water partition coefficient (Wildman–Crippen LogP) is 3.98. The Morgan fingerprint density at radius 3 is 3.00 bits per heavy atom. The molecule has 0 radical (unpaired) electrons. The van der Waals surface area contributed by atoms with Crippen LogP contribution in [-0.2, 0) is 6.54 Å². The number of nitrogens with one attached hydrogen (secondary N) is 1. The van der Waals surface area contributed by atoms with Gasteiger partial charge in [-0.3, -0.25) is 0 Å². The number of nitrogens with zero attached hydrogens (tertiary/aromatic N) is 3. The van der Waals surface area contributed by atoms with E-state index in [1.54, 1.807) is 6.33 Å². The number of rotatable bonds is 4. The van der Waals surface area contributed by atoms with E-state index in [0.29, 0.717) is 6.54 Å². The number of aromatic nitrogens is 2. The fourth-order valence-electron chi connectivity index (χ4n) is 2.84. The van der Waals surface area contributed by atoms with E-state index in [9.17, 15) is 0 Å². The third-order valence-electron chi connectivity index (χ3n) is 4.05. The molecule has 0 saturated carbocycles. The van der Waals surface area contributed by atoms with Crippen molar-refractivity contribution in [2.24, 2.45) is 5.92 Å². The van der Waals surface area contributed by atoms with Gasteiger partial charge in [0, 0.05) is 30.7 Å². The van der Waals surface area contributed by atoms with Gasteiger partial charge in [-0.1, -0.05) is 36.7 Å². The second-order valence-corrected chi connectivity index (χ2v) is 6.31. The lowest BCUT2D eigenvalue weighted by Gasteiger charge is -2.31. The van der Waals surface area contributed by atoms with Crippen LogP contribution in [0.4, 0.5) is 11.6 Å². The van der Waals surface area contributed by atoms with Crippen LogP contribution in [0.3, 0.4) is 0 Å². The first-order chi connectivity index (χ1) is 10.7. The highest BCUT2D eigenvalue weighted by Crippen LogP contribution is 2.23. The monoisotopic (exact) mass is 316 g/mol. The number of hydrogen-bond donors (Lipinski definition) is 1. The highest BCUT2D eigenvalue weighted by Gasteiger charge is 2.17. The minimum atomic E-state index is 0.659. The number of anilines is 2. The molecule has 2 aromatic rings. The maximum absolute atomic E-state index is 6.18. The lowest BCUT2D eigenvalue weighted by molar-refractivity contribution is 0.444. The van der Waals surface area contributed by atoms with Crippen molar-refractivity contribution in [1.29, 1.82) is 0 Å². The van der Waals surface area contributed by atoms with Crippen molar-refractivity contribution < 1.29 is 0 Å². The largest absolute Gasteiger partial charge is 0.366 e. The lowest BCUT2D eigenvalue weighted by atomic mass is 10.0. The molecule has 1 aliphatic rings. The van der Waals surface area contributed by atoms with Gasteiger partial charge in [0.05, 0.1) is 0 Å². The second kappa shape index (κ2) is 6.97. The number of halogens is 1. The van der Waals surface area contributed by atoms with Crippen molar-refractivity contribution in [3.05, 3.63) is 47.2 Å². The Morgan fingerprint density at radius 1 is 1.32 bits per heavy atom. The topological polar surface area (TPSA) is 41.0 Å². The number of piperidine rings is 1. The van der Waals surface area contributed by atoms with Gasteiger partial charge in [-0.05, 0) is 30.4 Å². The smallest absolute Gasteiger partial charge is 0.134 e. The van der Waals surface area contributed by atoms with Gasteiger partial charge < -0.3 is 10.2 Å². The van der Waals surface area contributed by atoms with Crippen molar-refractivity contribution in [3.8, 4) is 0 Å². The minimum Gasteiger partial charge on any atom is -0.366 e. The fraction of sp³-hybridized carbons (Fsp3) is 0.412. The lowest BCUT2D eigenvalue weighted by Crippen LogP contribution is -2.34. The molecule has 0 amide bonds. The quantitative estimate of drug-likeness (QED) is 0.926. The van der Waals surface area contributed by atoms with E-state index in [1.807, 2.05) is 30.3 Å². The molecule has 5 heteroatoms. The maximum atomic E-state index is 6.18. The summed E-state index contributed by atoms with van der Waals surface area (Å²) >= 11 is 6.18. The van der Waals surface area contributed by atoms with E-state index in [2.05, 4.69) is 27.1 Å². The van der Waals surface area contributed by atoms with Crippen LogP contribution in [0.15, 0.2) is 36.7 Å². The molecule has 116 valence electrons. The van der Waals surface area contributed by atoms with Crippen molar-refractivity contribution in [1.82, 2.24) is 9.97 Å². The average Bonchev–Trinajstić information content (AvgIpc) is 2.54. The van der Waals surface area contributed by atoms with Gasteiger partial charge in [0.25, 0.3) is 0 Å². The molecule has 0 aliphatic carbocycles. The zero-order chi connectivity index (χ0) is 15.4. The van der Waals surface area contributed by atoms with Gasteiger partial charge in [0.2, 0.25) is 0 Å². The fourth-order valence-corrected chi connectivity index (χ4v) is 3.04. The van der Waals surface area contributed by atoms with Crippen LogP contribution in [-0.4, -0.2) is 23.1 Å². The summed E-state index contributed by atoms with van der Waals surface area (Å²) in [6.45, 7) is 5.10. The second-order valence-electron chi connectivity index (χ2n) is 5.90. The van der Waals surface area contributed by atoms with Crippen LogP contribution in [0.25, 0.3) is 0 Å². The van der Waals surface area contributed by atoms with Gasteiger partial charge in [-0.2, -0.15) is 0 Å². The van der Waals surface area contributed by atoms with Gasteiger partial charge in [-0.15, -0.1) is 0 Å². The molecule has 4 nitrogen and oxygen atoms in total. The molecule has 1 aliphatic heterocycles. The molecule has 1 N–H and O–H groups in total. The molecule has 3 rings (SSSR count). The molecule has 1 aromatic heterocycles. The Balaban J connectivity index is 1.67. The summed E-state index contributed by atoms with van der Waals surface area (Å²) in [5, 5.41) is 4.10. The summed E-state index contributed by atoms with van der Waals surface area (Å²) in [6, 6.07) is 9.87. The molecule has 1 aromatic carbocycles. The van der Waals surface area contributed by atoms with Gasteiger partial charge >= 0.3 is 0 Å². The Kier molecular flexibility index (Phi) is 4.78. The zero-order valence-corrected chi connectivity index (χ0v) is 13.6. The van der Waals surface area contributed by atoms with Crippen molar-refractivity contribution in [2.45, 2.75) is 26.3 Å². The first-order valence-electron chi connectivity index (χ1n) is 7.76. The van der Waals surface area contributed by atoms with Crippen LogP contribution >= 0.6 is 11.6 Å². The molecule has 1 saturated heterocycles. The molecular formula is C17H21ClN4. The Hall–Kier alpha value is -1.81. The van der Waals surface area contributed by atoms with E-state index >= 15 is 0 Å². The van der Waals surface area contributed by atoms with E-state index < -0.39 is 0 Å². The summed E-state index contributed by atoms with van der Waals surface area (Å²) in [6.07, 6.45) is 4.16. The SMILES string of the molecule is CC1CCCN(c2cc(NCc3ccccc3Cl)ncn2)C1. The van der Waals surface area contributed by atoms with E-state index in [0.717, 1.165) is 41.2 Å².